The van der Waals surface area contributed by atoms with Crippen molar-refractivity contribution in [1.82, 2.24) is 0 Å². The van der Waals surface area contributed by atoms with E-state index in [1.165, 1.54) is 19.2 Å². The number of hydrogen-bond donors (Lipinski definition) is 0. The van der Waals surface area contributed by atoms with Crippen molar-refractivity contribution >= 4 is 29.2 Å². The van der Waals surface area contributed by atoms with Crippen LogP contribution < -0.4 is 61.2 Å². The summed E-state index contributed by atoms with van der Waals surface area (Å²) in [5.41, 5.74) is -0.225. The van der Waals surface area contributed by atoms with E-state index in [1.54, 1.807) is 0 Å². The molecule has 0 aliphatic rings. The molecule has 0 N–H and O–H groups in total. The number of methoxy groups -OCH3 is 1. The van der Waals surface area contributed by atoms with Crippen LogP contribution in [0.25, 0.3) is 0 Å². The topological polar surface area (TPSA) is 49.4 Å². The Kier molecular flexibility index (Phi) is 6.64. The van der Waals surface area contributed by atoms with Crippen molar-refractivity contribution in [3.63, 3.8) is 0 Å². The SMILES string of the molecule is COc1c(Cl)ccc(Cl)c1C(=O)[O-].[K+]. The molecule has 0 atom stereocenters. The molecule has 0 radical (unpaired) electrons. The molecule has 0 spiro atoms. The van der Waals surface area contributed by atoms with Crippen LogP contribution in [0.3, 0.4) is 0 Å². The molecule has 1 aromatic carbocycles. The van der Waals surface area contributed by atoms with E-state index in [9.17, 15) is 9.90 Å². The Bertz CT molecular complexity index is 355. The number of carbonyl (C=O) groups is 1. The zero-order valence-corrected chi connectivity index (χ0v) is 12.3. The van der Waals surface area contributed by atoms with Crippen LogP contribution in [0.2, 0.25) is 10.0 Å². The van der Waals surface area contributed by atoms with Crippen molar-refractivity contribution in [2.24, 2.45) is 0 Å². The zero-order valence-electron chi connectivity index (χ0n) is 7.64. The Morgan fingerprint density at radius 2 is 1.86 bits per heavy atom. The molecule has 14 heavy (non-hydrogen) atoms. The minimum Gasteiger partial charge on any atom is -0.545 e. The van der Waals surface area contributed by atoms with E-state index in [4.69, 9.17) is 27.9 Å². The van der Waals surface area contributed by atoms with Crippen molar-refractivity contribution in [2.75, 3.05) is 7.11 Å². The van der Waals surface area contributed by atoms with Gasteiger partial charge < -0.3 is 14.6 Å². The first-order valence-corrected chi connectivity index (χ1v) is 4.07. The molecule has 1 rings (SSSR count). The average Bonchev–Trinajstić information content (AvgIpc) is 2.07. The van der Waals surface area contributed by atoms with Gasteiger partial charge in [-0.1, -0.05) is 23.2 Å². The fourth-order valence-corrected chi connectivity index (χ4v) is 1.38. The third kappa shape index (κ3) is 3.10. The number of carboxylic acids is 1. The number of carboxylic acid groups (broad SMARTS) is 1. The van der Waals surface area contributed by atoms with Gasteiger partial charge in [0.05, 0.1) is 28.7 Å². The summed E-state index contributed by atoms with van der Waals surface area (Å²) in [4.78, 5) is 10.6. The van der Waals surface area contributed by atoms with Gasteiger partial charge in [0.15, 0.2) is 0 Å². The van der Waals surface area contributed by atoms with Gasteiger partial charge in [-0.3, -0.25) is 0 Å². The maximum absolute atomic E-state index is 10.6. The Morgan fingerprint density at radius 1 is 1.36 bits per heavy atom. The van der Waals surface area contributed by atoms with Gasteiger partial charge in [-0.15, -0.1) is 0 Å². The van der Waals surface area contributed by atoms with Gasteiger partial charge in [-0.2, -0.15) is 0 Å². The number of halogens is 2. The third-order valence-corrected chi connectivity index (χ3v) is 2.08. The molecular formula is C8H5Cl2KO3. The van der Waals surface area contributed by atoms with Crippen molar-refractivity contribution in [1.29, 1.82) is 0 Å². The Labute approximate surface area is 134 Å². The summed E-state index contributed by atoms with van der Waals surface area (Å²) < 4.78 is 4.78. The third-order valence-electron chi connectivity index (χ3n) is 1.47. The summed E-state index contributed by atoms with van der Waals surface area (Å²) in [6.45, 7) is 0. The monoisotopic (exact) mass is 258 g/mol. The molecule has 0 amide bonds. The molecule has 0 unspecified atom stereocenters. The van der Waals surface area contributed by atoms with E-state index in [0.29, 0.717) is 0 Å². The number of hydrogen-bond acceptors (Lipinski definition) is 3. The van der Waals surface area contributed by atoms with E-state index in [2.05, 4.69) is 0 Å². The predicted octanol–water partition coefficient (Wildman–Crippen LogP) is -1.63. The summed E-state index contributed by atoms with van der Waals surface area (Å²) in [5, 5.41) is 10.8. The minimum atomic E-state index is -1.41. The van der Waals surface area contributed by atoms with Crippen LogP contribution in [-0.2, 0) is 0 Å². The van der Waals surface area contributed by atoms with E-state index >= 15 is 0 Å². The van der Waals surface area contributed by atoms with Crippen molar-refractivity contribution < 1.29 is 66.0 Å². The van der Waals surface area contributed by atoms with Gasteiger partial charge >= 0.3 is 51.4 Å². The second kappa shape index (κ2) is 6.32. The zero-order chi connectivity index (χ0) is 10.0. The first kappa shape index (κ1) is 14.7. The van der Waals surface area contributed by atoms with Crippen molar-refractivity contribution in [2.45, 2.75) is 0 Å². The Hall–Kier alpha value is 0.706. The van der Waals surface area contributed by atoms with Crippen LogP contribution in [-0.4, -0.2) is 13.1 Å². The van der Waals surface area contributed by atoms with Crippen LogP contribution in [0.5, 0.6) is 5.75 Å². The van der Waals surface area contributed by atoms with Crippen molar-refractivity contribution in [3.8, 4) is 5.75 Å². The van der Waals surface area contributed by atoms with Crippen LogP contribution in [0, 0.1) is 0 Å². The summed E-state index contributed by atoms with van der Waals surface area (Å²) in [7, 11) is 1.31. The van der Waals surface area contributed by atoms with Crippen LogP contribution in [0.15, 0.2) is 12.1 Å². The van der Waals surface area contributed by atoms with Gasteiger partial charge in [-0.25, -0.2) is 0 Å². The number of benzene rings is 1. The van der Waals surface area contributed by atoms with Crippen LogP contribution in [0.4, 0.5) is 0 Å². The molecule has 0 fully saturated rings. The molecule has 3 nitrogen and oxygen atoms in total. The predicted molar refractivity (Wildman–Crippen MR) is 47.3 cm³/mol. The maximum Gasteiger partial charge on any atom is 1.00 e. The molecule has 6 heteroatoms. The molecule has 0 bridgehead atoms. The van der Waals surface area contributed by atoms with E-state index in [1.807, 2.05) is 0 Å². The smallest absolute Gasteiger partial charge is 0.545 e. The summed E-state index contributed by atoms with van der Waals surface area (Å²) in [6.07, 6.45) is 0. The number of aromatic carboxylic acids is 1. The molecule has 0 aliphatic heterocycles. The van der Waals surface area contributed by atoms with Crippen LogP contribution in [0.1, 0.15) is 10.4 Å². The van der Waals surface area contributed by atoms with E-state index in [-0.39, 0.29) is 72.7 Å². The minimum absolute atomic E-state index is 0. The first-order valence-electron chi connectivity index (χ1n) is 3.31. The second-order valence-corrected chi connectivity index (χ2v) is 3.04. The van der Waals surface area contributed by atoms with Gasteiger partial charge in [0.1, 0.15) is 5.75 Å². The molecule has 0 aromatic heterocycles. The molecule has 0 heterocycles. The first-order chi connectivity index (χ1) is 6.07. The van der Waals surface area contributed by atoms with E-state index < -0.39 is 5.97 Å². The standard InChI is InChI=1S/C8H6Cl2O3.K/c1-13-7-5(10)3-2-4(9)6(7)8(11)12;/h2-3H,1H3,(H,11,12);/q;+1/p-1. The Morgan fingerprint density at radius 3 is 2.21 bits per heavy atom. The second-order valence-electron chi connectivity index (χ2n) is 2.22. The summed E-state index contributed by atoms with van der Waals surface area (Å²) >= 11 is 11.3. The van der Waals surface area contributed by atoms with E-state index in [0.717, 1.165) is 0 Å². The average molecular weight is 259 g/mol. The molecule has 0 saturated carbocycles. The fourth-order valence-electron chi connectivity index (χ4n) is 0.923. The number of ether oxygens (including phenoxy) is 1. The quantitative estimate of drug-likeness (QED) is 0.599. The van der Waals surface area contributed by atoms with Gasteiger partial charge in [0.25, 0.3) is 0 Å². The largest absolute Gasteiger partial charge is 1.00 e. The normalized spacial score (nSPS) is 9.07. The molecule has 0 saturated heterocycles. The maximum atomic E-state index is 10.6. The molecular weight excluding hydrogens is 254 g/mol. The number of carbonyl (C=O) groups excluding carboxylic acids is 1. The van der Waals surface area contributed by atoms with Gasteiger partial charge in [-0.05, 0) is 12.1 Å². The molecule has 1 aromatic rings. The van der Waals surface area contributed by atoms with Gasteiger partial charge in [0.2, 0.25) is 0 Å². The Balaban J connectivity index is 0.00000169. The number of rotatable bonds is 2. The van der Waals surface area contributed by atoms with Gasteiger partial charge in [0, 0.05) is 0 Å². The fraction of sp³-hybridized carbons (Fsp3) is 0.125. The van der Waals surface area contributed by atoms with Crippen molar-refractivity contribution in [3.05, 3.63) is 27.7 Å². The molecule has 0 aliphatic carbocycles. The van der Waals surface area contributed by atoms with Crippen LogP contribution >= 0.6 is 23.2 Å². The summed E-state index contributed by atoms with van der Waals surface area (Å²) in [6, 6.07) is 2.83. The molecule has 70 valence electrons. The summed E-state index contributed by atoms with van der Waals surface area (Å²) in [5.74, 6) is -1.39.